The van der Waals surface area contributed by atoms with Crippen molar-refractivity contribution in [3.8, 4) is 5.75 Å². The lowest BCUT2D eigenvalue weighted by Gasteiger charge is -2.21. The van der Waals surface area contributed by atoms with Crippen molar-refractivity contribution in [1.82, 2.24) is 4.98 Å². The Morgan fingerprint density at radius 3 is 2.70 bits per heavy atom. The topological polar surface area (TPSA) is 42.4 Å². The first kappa shape index (κ1) is 19.7. The SMILES string of the molecule is CCc1ccccc1N(C(C)=O)c1nc(COc2cccc(Cl)c2Cl)cs1. The molecule has 0 fully saturated rings. The van der Waals surface area contributed by atoms with Crippen LogP contribution < -0.4 is 9.64 Å². The van der Waals surface area contributed by atoms with Crippen molar-refractivity contribution < 1.29 is 9.53 Å². The fourth-order valence-electron chi connectivity index (χ4n) is 2.65. The Morgan fingerprint density at radius 2 is 1.96 bits per heavy atom. The number of halogens is 2. The van der Waals surface area contributed by atoms with E-state index in [1.54, 1.807) is 23.1 Å². The van der Waals surface area contributed by atoms with Crippen LogP contribution in [-0.4, -0.2) is 10.9 Å². The van der Waals surface area contributed by atoms with E-state index >= 15 is 0 Å². The number of aromatic nitrogens is 1. The number of benzene rings is 2. The largest absolute Gasteiger partial charge is 0.486 e. The molecule has 0 saturated heterocycles. The van der Waals surface area contributed by atoms with E-state index in [0.717, 1.165) is 17.7 Å². The maximum atomic E-state index is 12.3. The normalized spacial score (nSPS) is 10.7. The molecule has 0 aliphatic carbocycles. The summed E-state index contributed by atoms with van der Waals surface area (Å²) in [6.07, 6.45) is 0.828. The monoisotopic (exact) mass is 420 g/mol. The lowest BCUT2D eigenvalue weighted by Crippen LogP contribution is -2.23. The summed E-state index contributed by atoms with van der Waals surface area (Å²) in [5.74, 6) is 0.411. The number of rotatable bonds is 6. The second-order valence-electron chi connectivity index (χ2n) is 5.80. The summed E-state index contributed by atoms with van der Waals surface area (Å²) < 4.78 is 5.73. The molecular formula is C20H18Cl2N2O2S. The molecular weight excluding hydrogens is 403 g/mol. The van der Waals surface area contributed by atoms with E-state index in [9.17, 15) is 4.79 Å². The van der Waals surface area contributed by atoms with Gasteiger partial charge in [-0.15, -0.1) is 11.3 Å². The van der Waals surface area contributed by atoms with Gasteiger partial charge in [0, 0.05) is 12.3 Å². The molecule has 27 heavy (non-hydrogen) atoms. The Labute approximate surface area is 172 Å². The molecule has 140 valence electrons. The maximum absolute atomic E-state index is 12.3. The zero-order chi connectivity index (χ0) is 19.4. The van der Waals surface area contributed by atoms with Crippen LogP contribution in [0.2, 0.25) is 10.0 Å². The minimum absolute atomic E-state index is 0.0874. The molecule has 0 aliphatic rings. The third-order valence-corrected chi connectivity index (χ3v) is 5.63. The van der Waals surface area contributed by atoms with Gasteiger partial charge in [-0.2, -0.15) is 0 Å². The second kappa shape index (κ2) is 8.74. The van der Waals surface area contributed by atoms with Gasteiger partial charge in [-0.1, -0.05) is 54.4 Å². The first-order chi connectivity index (χ1) is 13.0. The van der Waals surface area contributed by atoms with E-state index in [0.29, 0.717) is 26.6 Å². The van der Waals surface area contributed by atoms with Gasteiger partial charge in [0.25, 0.3) is 0 Å². The standard InChI is InChI=1S/C20H18Cl2N2O2S/c1-3-14-7-4-5-9-17(14)24(13(2)25)20-23-15(12-27-20)11-26-18-10-6-8-16(21)19(18)22/h4-10,12H,3,11H2,1-2H3. The van der Waals surface area contributed by atoms with E-state index < -0.39 is 0 Å². The van der Waals surface area contributed by atoms with Crippen LogP contribution in [0.15, 0.2) is 47.8 Å². The summed E-state index contributed by atoms with van der Waals surface area (Å²) in [4.78, 5) is 18.5. The Morgan fingerprint density at radius 1 is 1.19 bits per heavy atom. The smallest absolute Gasteiger partial charge is 0.230 e. The fourth-order valence-corrected chi connectivity index (χ4v) is 3.86. The molecule has 0 spiro atoms. The summed E-state index contributed by atoms with van der Waals surface area (Å²) in [5, 5.41) is 3.29. The predicted molar refractivity (Wildman–Crippen MR) is 112 cm³/mol. The summed E-state index contributed by atoms with van der Waals surface area (Å²) in [7, 11) is 0. The zero-order valence-corrected chi connectivity index (χ0v) is 17.2. The number of carbonyl (C=O) groups excluding carboxylic acids is 1. The van der Waals surface area contributed by atoms with Crippen LogP contribution >= 0.6 is 34.5 Å². The summed E-state index contributed by atoms with van der Waals surface area (Å²) in [5.41, 5.74) is 2.66. The number of thiazole rings is 1. The van der Waals surface area contributed by atoms with E-state index in [4.69, 9.17) is 27.9 Å². The van der Waals surface area contributed by atoms with Crippen molar-refractivity contribution in [2.45, 2.75) is 26.9 Å². The molecule has 0 atom stereocenters. The van der Waals surface area contributed by atoms with E-state index in [1.165, 1.54) is 18.3 Å². The molecule has 0 N–H and O–H groups in total. The van der Waals surface area contributed by atoms with Crippen molar-refractivity contribution >= 4 is 51.3 Å². The highest BCUT2D eigenvalue weighted by Gasteiger charge is 2.20. The van der Waals surface area contributed by atoms with E-state index in [2.05, 4.69) is 11.9 Å². The van der Waals surface area contributed by atoms with Gasteiger partial charge in [-0.3, -0.25) is 9.69 Å². The maximum Gasteiger partial charge on any atom is 0.230 e. The number of nitrogens with zero attached hydrogens (tertiary/aromatic N) is 2. The molecule has 2 aromatic carbocycles. The van der Waals surface area contributed by atoms with Crippen molar-refractivity contribution in [3.05, 3.63) is 69.1 Å². The molecule has 0 radical (unpaired) electrons. The van der Waals surface area contributed by atoms with Gasteiger partial charge in [0.15, 0.2) is 5.13 Å². The molecule has 0 aliphatic heterocycles. The average molecular weight is 421 g/mol. The molecule has 1 heterocycles. The van der Waals surface area contributed by atoms with Crippen LogP contribution in [0, 0.1) is 0 Å². The first-order valence-corrected chi connectivity index (χ1v) is 10.0. The second-order valence-corrected chi connectivity index (χ2v) is 7.42. The number of anilines is 2. The lowest BCUT2D eigenvalue weighted by molar-refractivity contribution is -0.115. The van der Waals surface area contributed by atoms with Crippen LogP contribution in [0.4, 0.5) is 10.8 Å². The molecule has 1 aromatic heterocycles. The van der Waals surface area contributed by atoms with Crippen LogP contribution in [0.1, 0.15) is 25.1 Å². The van der Waals surface area contributed by atoms with Crippen LogP contribution in [0.3, 0.4) is 0 Å². The number of ether oxygens (including phenoxy) is 1. The van der Waals surface area contributed by atoms with Crippen LogP contribution in [0.25, 0.3) is 0 Å². The Bertz CT molecular complexity index is 959. The number of hydrogen-bond acceptors (Lipinski definition) is 4. The highest BCUT2D eigenvalue weighted by molar-refractivity contribution is 7.14. The van der Waals surface area contributed by atoms with Gasteiger partial charge in [0.2, 0.25) is 5.91 Å². The molecule has 3 rings (SSSR count). The third kappa shape index (κ3) is 4.43. The molecule has 0 unspecified atom stereocenters. The van der Waals surface area contributed by atoms with Gasteiger partial charge >= 0.3 is 0 Å². The minimum atomic E-state index is -0.0874. The van der Waals surface area contributed by atoms with E-state index in [-0.39, 0.29) is 12.5 Å². The predicted octanol–water partition coefficient (Wildman–Crippen LogP) is 6.28. The third-order valence-electron chi connectivity index (χ3n) is 3.95. The molecule has 4 nitrogen and oxygen atoms in total. The summed E-state index contributed by atoms with van der Waals surface area (Å²) in [6.45, 7) is 3.83. The van der Waals surface area contributed by atoms with Crippen molar-refractivity contribution in [1.29, 1.82) is 0 Å². The molecule has 0 bridgehead atoms. The highest BCUT2D eigenvalue weighted by Crippen LogP contribution is 2.34. The number of aryl methyl sites for hydroxylation is 1. The van der Waals surface area contributed by atoms with Gasteiger partial charge in [-0.05, 0) is 30.2 Å². The number of amides is 1. The quantitative estimate of drug-likeness (QED) is 0.471. The van der Waals surface area contributed by atoms with Crippen molar-refractivity contribution in [3.63, 3.8) is 0 Å². The Balaban J connectivity index is 1.82. The van der Waals surface area contributed by atoms with Crippen molar-refractivity contribution in [2.75, 3.05) is 4.90 Å². The minimum Gasteiger partial charge on any atom is -0.486 e. The molecule has 1 amide bonds. The van der Waals surface area contributed by atoms with Gasteiger partial charge in [0.1, 0.15) is 17.4 Å². The number of para-hydroxylation sites is 1. The van der Waals surface area contributed by atoms with E-state index in [1.807, 2.05) is 29.6 Å². The average Bonchev–Trinajstić information content (AvgIpc) is 3.11. The van der Waals surface area contributed by atoms with Gasteiger partial charge < -0.3 is 4.74 Å². The van der Waals surface area contributed by atoms with Crippen LogP contribution in [-0.2, 0) is 17.8 Å². The molecule has 7 heteroatoms. The first-order valence-electron chi connectivity index (χ1n) is 8.41. The lowest BCUT2D eigenvalue weighted by atomic mass is 10.1. The number of hydrogen-bond donors (Lipinski definition) is 0. The van der Waals surface area contributed by atoms with Crippen molar-refractivity contribution in [2.24, 2.45) is 0 Å². The Kier molecular flexibility index (Phi) is 6.37. The zero-order valence-electron chi connectivity index (χ0n) is 14.9. The molecule has 0 saturated carbocycles. The summed E-state index contributed by atoms with van der Waals surface area (Å²) in [6, 6.07) is 13.1. The highest BCUT2D eigenvalue weighted by atomic mass is 35.5. The van der Waals surface area contributed by atoms with Gasteiger partial charge in [-0.25, -0.2) is 4.98 Å². The molecule has 3 aromatic rings. The summed E-state index contributed by atoms with van der Waals surface area (Å²) >= 11 is 13.5. The number of carbonyl (C=O) groups is 1. The Hall–Kier alpha value is -2.08. The van der Waals surface area contributed by atoms with Crippen LogP contribution in [0.5, 0.6) is 5.75 Å². The van der Waals surface area contributed by atoms with Gasteiger partial charge in [0.05, 0.1) is 16.4 Å². The fraction of sp³-hybridized carbons (Fsp3) is 0.200.